The SMILES string of the molecule is O=C1CSC(c2ccc3c(c2)CCO3)N1CC(F)(F)F. The maximum absolute atomic E-state index is 12.6. The Hall–Kier alpha value is -1.37. The number of rotatable bonds is 2. The third kappa shape index (κ3) is 2.59. The van der Waals surface area contributed by atoms with Gasteiger partial charge in [0, 0.05) is 6.42 Å². The molecule has 7 heteroatoms. The van der Waals surface area contributed by atoms with Crippen molar-refractivity contribution in [1.82, 2.24) is 4.90 Å². The van der Waals surface area contributed by atoms with E-state index < -0.39 is 24.0 Å². The quantitative estimate of drug-likeness (QED) is 0.841. The van der Waals surface area contributed by atoms with E-state index in [2.05, 4.69) is 0 Å². The molecule has 108 valence electrons. The Kier molecular flexibility index (Phi) is 3.32. The Morgan fingerprint density at radius 2 is 2.20 bits per heavy atom. The molecule has 2 aliphatic heterocycles. The van der Waals surface area contributed by atoms with Crippen LogP contribution in [0.25, 0.3) is 0 Å². The molecule has 2 heterocycles. The largest absolute Gasteiger partial charge is 0.493 e. The Bertz CT molecular complexity index is 547. The van der Waals surface area contributed by atoms with Crippen molar-refractivity contribution in [2.75, 3.05) is 18.9 Å². The lowest BCUT2D eigenvalue weighted by Crippen LogP contribution is -2.37. The normalized spacial score (nSPS) is 22.1. The number of carbonyl (C=O) groups is 1. The zero-order valence-electron chi connectivity index (χ0n) is 10.4. The number of hydrogen-bond donors (Lipinski definition) is 0. The predicted molar refractivity (Wildman–Crippen MR) is 68.6 cm³/mol. The first-order valence-corrected chi connectivity index (χ1v) is 7.22. The third-order valence-corrected chi connectivity index (χ3v) is 4.57. The van der Waals surface area contributed by atoms with Crippen LogP contribution in [0.3, 0.4) is 0 Å². The van der Waals surface area contributed by atoms with Crippen molar-refractivity contribution in [2.24, 2.45) is 0 Å². The van der Waals surface area contributed by atoms with Crippen molar-refractivity contribution in [3.63, 3.8) is 0 Å². The fraction of sp³-hybridized carbons (Fsp3) is 0.462. The third-order valence-electron chi connectivity index (χ3n) is 3.32. The summed E-state index contributed by atoms with van der Waals surface area (Å²) >= 11 is 1.23. The van der Waals surface area contributed by atoms with E-state index in [1.165, 1.54) is 11.8 Å². The van der Waals surface area contributed by atoms with Crippen molar-refractivity contribution in [1.29, 1.82) is 0 Å². The molecule has 0 aromatic heterocycles. The van der Waals surface area contributed by atoms with Crippen LogP contribution in [-0.4, -0.2) is 35.9 Å². The lowest BCUT2D eigenvalue weighted by Gasteiger charge is -2.25. The van der Waals surface area contributed by atoms with Crippen molar-refractivity contribution >= 4 is 17.7 Å². The molecule has 0 spiro atoms. The molecule has 0 aliphatic carbocycles. The molecule has 1 saturated heterocycles. The second kappa shape index (κ2) is 4.87. The molecule has 1 aromatic rings. The minimum Gasteiger partial charge on any atom is -0.493 e. The van der Waals surface area contributed by atoms with Crippen LogP contribution in [0.1, 0.15) is 16.5 Å². The Morgan fingerprint density at radius 1 is 1.40 bits per heavy atom. The number of nitrogens with zero attached hydrogens (tertiary/aromatic N) is 1. The first kappa shape index (κ1) is 13.6. The number of halogens is 3. The zero-order valence-corrected chi connectivity index (χ0v) is 11.3. The zero-order chi connectivity index (χ0) is 14.3. The number of ether oxygens (including phenoxy) is 1. The second-order valence-corrected chi connectivity index (χ2v) is 5.83. The van der Waals surface area contributed by atoms with Crippen LogP contribution < -0.4 is 4.74 Å². The Morgan fingerprint density at radius 3 is 2.95 bits per heavy atom. The first-order valence-electron chi connectivity index (χ1n) is 6.17. The molecule has 20 heavy (non-hydrogen) atoms. The van der Waals surface area contributed by atoms with Crippen LogP contribution in [0.15, 0.2) is 18.2 Å². The van der Waals surface area contributed by atoms with Gasteiger partial charge in [0.25, 0.3) is 0 Å². The van der Waals surface area contributed by atoms with Crippen molar-refractivity contribution in [2.45, 2.75) is 18.0 Å². The Labute approximate surface area is 118 Å². The molecule has 0 bridgehead atoms. The summed E-state index contributed by atoms with van der Waals surface area (Å²) in [5.41, 5.74) is 1.73. The van der Waals surface area contributed by atoms with Crippen LogP contribution >= 0.6 is 11.8 Å². The van der Waals surface area contributed by atoms with Gasteiger partial charge in [-0.05, 0) is 23.3 Å². The van der Waals surface area contributed by atoms with E-state index in [4.69, 9.17) is 4.74 Å². The lowest BCUT2D eigenvalue weighted by molar-refractivity contribution is -0.159. The molecule has 0 N–H and O–H groups in total. The predicted octanol–water partition coefficient (Wildman–Crippen LogP) is 2.76. The monoisotopic (exact) mass is 303 g/mol. The number of fused-ring (bicyclic) bond motifs is 1. The maximum Gasteiger partial charge on any atom is 0.406 e. The number of hydrogen-bond acceptors (Lipinski definition) is 3. The fourth-order valence-electron chi connectivity index (χ4n) is 2.45. The standard InChI is InChI=1S/C13H12F3NO2S/c14-13(15,16)7-17-11(18)6-20-12(17)9-1-2-10-8(5-9)3-4-19-10/h1-2,5,12H,3-4,6-7H2. The summed E-state index contributed by atoms with van der Waals surface area (Å²) in [6.45, 7) is -0.598. The molecule has 1 amide bonds. The highest BCUT2D eigenvalue weighted by Crippen LogP contribution is 2.41. The highest BCUT2D eigenvalue weighted by Gasteiger charge is 2.41. The summed E-state index contributed by atoms with van der Waals surface area (Å²) < 4.78 is 43.1. The highest BCUT2D eigenvalue weighted by molar-refractivity contribution is 8.00. The molecule has 1 unspecified atom stereocenters. The van der Waals surface area contributed by atoms with Crippen LogP contribution in [0.5, 0.6) is 5.75 Å². The molecule has 0 radical (unpaired) electrons. The van der Waals surface area contributed by atoms with E-state index in [9.17, 15) is 18.0 Å². The fourth-order valence-corrected chi connectivity index (χ4v) is 3.63. The van der Waals surface area contributed by atoms with Crippen molar-refractivity contribution < 1.29 is 22.7 Å². The molecular weight excluding hydrogens is 291 g/mol. The van der Waals surface area contributed by atoms with E-state index in [1.54, 1.807) is 12.1 Å². The molecular formula is C13H12F3NO2S. The minimum absolute atomic E-state index is 0.0916. The van der Waals surface area contributed by atoms with Gasteiger partial charge in [-0.25, -0.2) is 0 Å². The van der Waals surface area contributed by atoms with Gasteiger partial charge in [-0.2, -0.15) is 13.2 Å². The van der Waals surface area contributed by atoms with Gasteiger partial charge in [-0.3, -0.25) is 4.79 Å². The average Bonchev–Trinajstić information content (AvgIpc) is 2.95. The summed E-state index contributed by atoms with van der Waals surface area (Å²) in [6.07, 6.45) is -3.62. The van der Waals surface area contributed by atoms with E-state index in [0.717, 1.165) is 28.2 Å². The van der Waals surface area contributed by atoms with Gasteiger partial charge >= 0.3 is 6.18 Å². The lowest BCUT2D eigenvalue weighted by atomic mass is 10.1. The summed E-state index contributed by atoms with van der Waals surface area (Å²) in [4.78, 5) is 12.6. The van der Waals surface area contributed by atoms with Crippen LogP contribution in [0.4, 0.5) is 13.2 Å². The molecule has 1 aromatic carbocycles. The highest BCUT2D eigenvalue weighted by atomic mass is 32.2. The minimum atomic E-state index is -4.38. The number of amides is 1. The number of benzene rings is 1. The first-order chi connectivity index (χ1) is 9.44. The van der Waals surface area contributed by atoms with E-state index in [-0.39, 0.29) is 5.75 Å². The average molecular weight is 303 g/mol. The van der Waals surface area contributed by atoms with Crippen LogP contribution in [-0.2, 0) is 11.2 Å². The summed E-state index contributed by atoms with van der Waals surface area (Å²) in [5, 5.41) is -0.560. The van der Waals surface area contributed by atoms with Gasteiger partial charge in [-0.15, -0.1) is 11.8 Å². The summed E-state index contributed by atoms with van der Waals surface area (Å²) in [6, 6.07) is 5.36. The number of alkyl halides is 3. The molecule has 3 rings (SSSR count). The second-order valence-electron chi connectivity index (χ2n) is 4.77. The topological polar surface area (TPSA) is 29.5 Å². The van der Waals surface area contributed by atoms with E-state index in [1.807, 2.05) is 6.07 Å². The molecule has 1 fully saturated rings. The number of thioether (sulfide) groups is 1. The van der Waals surface area contributed by atoms with Crippen LogP contribution in [0, 0.1) is 0 Å². The smallest absolute Gasteiger partial charge is 0.406 e. The molecule has 0 saturated carbocycles. The summed E-state index contributed by atoms with van der Waals surface area (Å²) in [7, 11) is 0. The van der Waals surface area contributed by atoms with Gasteiger partial charge in [0.15, 0.2) is 0 Å². The maximum atomic E-state index is 12.6. The molecule has 1 atom stereocenters. The van der Waals surface area contributed by atoms with Gasteiger partial charge in [0.1, 0.15) is 17.7 Å². The van der Waals surface area contributed by atoms with Crippen LogP contribution in [0.2, 0.25) is 0 Å². The van der Waals surface area contributed by atoms with Gasteiger partial charge in [0.05, 0.1) is 12.4 Å². The van der Waals surface area contributed by atoms with Crippen molar-refractivity contribution in [3.8, 4) is 5.75 Å². The molecule has 3 nitrogen and oxygen atoms in total. The van der Waals surface area contributed by atoms with E-state index in [0.29, 0.717) is 6.61 Å². The van der Waals surface area contributed by atoms with Gasteiger partial charge in [-0.1, -0.05) is 6.07 Å². The molecule has 2 aliphatic rings. The Balaban J connectivity index is 1.86. The summed E-state index contributed by atoms with van der Waals surface area (Å²) in [5.74, 6) is 0.411. The van der Waals surface area contributed by atoms with Crippen molar-refractivity contribution in [3.05, 3.63) is 29.3 Å². The number of carbonyl (C=O) groups excluding carboxylic acids is 1. The van der Waals surface area contributed by atoms with Gasteiger partial charge < -0.3 is 9.64 Å². The van der Waals surface area contributed by atoms with Gasteiger partial charge in [0.2, 0.25) is 5.91 Å². The van der Waals surface area contributed by atoms with E-state index >= 15 is 0 Å².